The first-order valence-corrected chi connectivity index (χ1v) is 7.89. The average Bonchev–Trinajstić information content (AvgIpc) is 2.99. The maximum Gasteiger partial charge on any atom is 0.329 e. The highest BCUT2D eigenvalue weighted by Gasteiger charge is 2.34. The van der Waals surface area contributed by atoms with Crippen molar-refractivity contribution in [1.82, 2.24) is 10.3 Å². The molecule has 0 radical (unpaired) electrons. The number of rotatable bonds is 7. The maximum absolute atomic E-state index is 12.0. The number of thiazole rings is 1. The van der Waals surface area contributed by atoms with Gasteiger partial charge in [-0.15, -0.1) is 11.3 Å². The maximum atomic E-state index is 12.0. The molecule has 22 heavy (non-hydrogen) atoms. The number of aliphatic carboxylic acids is 1. The normalized spacial score (nSPS) is 13.3. The van der Waals surface area contributed by atoms with Crippen molar-refractivity contribution >= 4 is 23.2 Å². The molecule has 0 spiro atoms. The second kappa shape index (κ2) is 7.17. The van der Waals surface area contributed by atoms with E-state index in [0.717, 1.165) is 11.3 Å². The Bertz CT molecular complexity index is 628. The highest BCUT2D eigenvalue weighted by Crippen LogP contribution is 2.14. The lowest BCUT2D eigenvalue weighted by molar-refractivity contribution is -0.146. The fraction of sp³-hybridized carbons (Fsp3) is 0.312. The minimum absolute atomic E-state index is 0.224. The molecule has 0 saturated heterocycles. The number of carbonyl (C=O) groups excluding carboxylic acids is 1. The molecule has 2 N–H and O–H groups in total. The monoisotopic (exact) mass is 318 g/mol. The Morgan fingerprint density at radius 3 is 2.64 bits per heavy atom. The summed E-state index contributed by atoms with van der Waals surface area (Å²) in [6.07, 6.45) is 0.976. The van der Waals surface area contributed by atoms with Crippen LogP contribution in [0.1, 0.15) is 24.6 Å². The van der Waals surface area contributed by atoms with E-state index in [-0.39, 0.29) is 18.7 Å². The van der Waals surface area contributed by atoms with Crippen LogP contribution in [0.25, 0.3) is 0 Å². The molecule has 1 atom stereocenters. The molecule has 1 aromatic carbocycles. The Labute approximate surface area is 133 Å². The average molecular weight is 318 g/mol. The van der Waals surface area contributed by atoms with E-state index in [1.165, 1.54) is 18.3 Å². The van der Waals surface area contributed by atoms with Crippen LogP contribution in [-0.4, -0.2) is 27.5 Å². The largest absolute Gasteiger partial charge is 0.480 e. The van der Waals surface area contributed by atoms with Crippen molar-refractivity contribution in [1.29, 1.82) is 0 Å². The van der Waals surface area contributed by atoms with Crippen molar-refractivity contribution in [2.45, 2.75) is 31.7 Å². The van der Waals surface area contributed by atoms with Crippen LogP contribution in [0, 0.1) is 0 Å². The predicted molar refractivity (Wildman–Crippen MR) is 84.8 cm³/mol. The Hall–Kier alpha value is -2.21. The molecule has 1 heterocycles. The third kappa shape index (κ3) is 4.39. The van der Waals surface area contributed by atoms with Gasteiger partial charge in [0, 0.05) is 18.2 Å². The molecule has 0 aliphatic heterocycles. The summed E-state index contributed by atoms with van der Waals surface area (Å²) in [7, 11) is 0. The molecule has 1 unspecified atom stereocenters. The van der Waals surface area contributed by atoms with Gasteiger partial charge in [0.25, 0.3) is 0 Å². The van der Waals surface area contributed by atoms with Gasteiger partial charge in [0.1, 0.15) is 5.54 Å². The standard InChI is InChI=1S/C16H18N2O3S/c1-16(15(20)21,9-12-5-3-2-4-6-12)18-14(19)8-7-13-10-22-11-17-13/h2-6,10-11H,7-9H2,1H3,(H,18,19)(H,20,21). The SMILES string of the molecule is CC(Cc1ccccc1)(NC(=O)CCc1cscn1)C(=O)O. The summed E-state index contributed by atoms with van der Waals surface area (Å²) in [4.78, 5) is 27.7. The Morgan fingerprint density at radius 1 is 1.32 bits per heavy atom. The lowest BCUT2D eigenvalue weighted by Crippen LogP contribution is -2.53. The van der Waals surface area contributed by atoms with Gasteiger partial charge in [0.15, 0.2) is 0 Å². The van der Waals surface area contributed by atoms with Gasteiger partial charge in [-0.1, -0.05) is 30.3 Å². The first-order valence-electron chi connectivity index (χ1n) is 6.95. The quantitative estimate of drug-likeness (QED) is 0.821. The van der Waals surface area contributed by atoms with Crippen LogP contribution in [0.2, 0.25) is 0 Å². The summed E-state index contributed by atoms with van der Waals surface area (Å²) >= 11 is 1.47. The van der Waals surface area contributed by atoms with Crippen LogP contribution < -0.4 is 5.32 Å². The van der Waals surface area contributed by atoms with Crippen molar-refractivity contribution in [3.8, 4) is 0 Å². The number of hydrogen-bond acceptors (Lipinski definition) is 4. The molecule has 0 aliphatic rings. The number of carbonyl (C=O) groups is 2. The number of nitrogens with one attached hydrogen (secondary N) is 1. The Morgan fingerprint density at radius 2 is 2.05 bits per heavy atom. The van der Waals surface area contributed by atoms with Gasteiger partial charge >= 0.3 is 5.97 Å². The molecule has 2 aromatic rings. The second-order valence-corrected chi connectivity index (χ2v) is 6.05. The molecule has 2 rings (SSSR count). The van der Waals surface area contributed by atoms with Gasteiger partial charge in [-0.05, 0) is 18.9 Å². The first kappa shape index (κ1) is 16.2. The number of benzene rings is 1. The van der Waals surface area contributed by atoms with Gasteiger partial charge in [0.05, 0.1) is 11.2 Å². The molecular weight excluding hydrogens is 300 g/mol. The highest BCUT2D eigenvalue weighted by atomic mass is 32.1. The second-order valence-electron chi connectivity index (χ2n) is 5.33. The van der Waals surface area contributed by atoms with Crippen molar-refractivity contribution in [3.63, 3.8) is 0 Å². The molecule has 1 aromatic heterocycles. The number of carboxylic acid groups (broad SMARTS) is 1. The van der Waals surface area contributed by atoms with Crippen LogP contribution in [0.15, 0.2) is 41.2 Å². The summed E-state index contributed by atoms with van der Waals surface area (Å²) in [6, 6.07) is 9.27. The summed E-state index contributed by atoms with van der Waals surface area (Å²) in [5.41, 5.74) is 2.11. The predicted octanol–water partition coefficient (Wildman–Crippen LogP) is 2.28. The number of nitrogens with zero attached hydrogens (tertiary/aromatic N) is 1. The van der Waals surface area contributed by atoms with Crippen molar-refractivity contribution in [3.05, 3.63) is 52.5 Å². The number of amides is 1. The molecule has 0 fully saturated rings. The third-order valence-electron chi connectivity index (χ3n) is 3.38. The molecule has 0 saturated carbocycles. The third-order valence-corrected chi connectivity index (χ3v) is 4.01. The molecular formula is C16H18N2O3S. The van der Waals surface area contributed by atoms with Crippen LogP contribution in [0.4, 0.5) is 0 Å². The van der Waals surface area contributed by atoms with E-state index in [9.17, 15) is 14.7 Å². The molecule has 1 amide bonds. The first-order chi connectivity index (χ1) is 10.5. The minimum Gasteiger partial charge on any atom is -0.480 e. The van der Waals surface area contributed by atoms with Gasteiger partial charge in [-0.25, -0.2) is 9.78 Å². The Kier molecular flexibility index (Phi) is 5.27. The van der Waals surface area contributed by atoms with Gasteiger partial charge in [0.2, 0.25) is 5.91 Å². The van der Waals surface area contributed by atoms with E-state index < -0.39 is 11.5 Å². The van der Waals surface area contributed by atoms with E-state index in [4.69, 9.17) is 0 Å². The van der Waals surface area contributed by atoms with E-state index in [0.29, 0.717) is 6.42 Å². The highest BCUT2D eigenvalue weighted by molar-refractivity contribution is 7.07. The van der Waals surface area contributed by atoms with Gasteiger partial charge in [-0.3, -0.25) is 4.79 Å². The smallest absolute Gasteiger partial charge is 0.329 e. The van der Waals surface area contributed by atoms with Crippen LogP contribution >= 0.6 is 11.3 Å². The van der Waals surface area contributed by atoms with Gasteiger partial charge < -0.3 is 10.4 Å². The van der Waals surface area contributed by atoms with Gasteiger partial charge in [-0.2, -0.15) is 0 Å². The summed E-state index contributed by atoms with van der Waals surface area (Å²) in [6.45, 7) is 1.53. The van der Waals surface area contributed by atoms with Crippen LogP contribution in [-0.2, 0) is 22.4 Å². The summed E-state index contributed by atoms with van der Waals surface area (Å²) in [5.74, 6) is -1.33. The fourth-order valence-electron chi connectivity index (χ4n) is 2.15. The topological polar surface area (TPSA) is 79.3 Å². The summed E-state index contributed by atoms with van der Waals surface area (Å²) < 4.78 is 0. The minimum atomic E-state index is -1.32. The zero-order valence-corrected chi connectivity index (χ0v) is 13.1. The van der Waals surface area contributed by atoms with Crippen molar-refractivity contribution in [2.75, 3.05) is 0 Å². The number of aryl methyl sites for hydroxylation is 1. The van der Waals surface area contributed by atoms with E-state index in [1.54, 1.807) is 5.51 Å². The number of carboxylic acids is 1. The molecule has 6 heteroatoms. The number of hydrogen-bond donors (Lipinski definition) is 2. The number of aromatic nitrogens is 1. The van der Waals surface area contributed by atoms with E-state index in [2.05, 4.69) is 10.3 Å². The molecule has 5 nitrogen and oxygen atoms in total. The van der Waals surface area contributed by atoms with Crippen LogP contribution in [0.3, 0.4) is 0 Å². The zero-order valence-electron chi connectivity index (χ0n) is 12.3. The van der Waals surface area contributed by atoms with Crippen molar-refractivity contribution < 1.29 is 14.7 Å². The van der Waals surface area contributed by atoms with Crippen molar-refractivity contribution in [2.24, 2.45) is 0 Å². The Balaban J connectivity index is 1.98. The lowest BCUT2D eigenvalue weighted by atomic mass is 9.92. The lowest BCUT2D eigenvalue weighted by Gasteiger charge is -2.26. The van der Waals surface area contributed by atoms with E-state index >= 15 is 0 Å². The van der Waals surface area contributed by atoms with Crippen LogP contribution in [0.5, 0.6) is 0 Å². The molecule has 0 bridgehead atoms. The molecule has 0 aliphatic carbocycles. The fourth-order valence-corrected chi connectivity index (χ4v) is 2.74. The zero-order chi connectivity index (χ0) is 16.0. The summed E-state index contributed by atoms with van der Waals surface area (Å²) in [5, 5.41) is 14.0. The molecule has 116 valence electrons. The van der Waals surface area contributed by atoms with E-state index in [1.807, 2.05) is 35.7 Å².